The minimum absolute atomic E-state index is 0.285. The third-order valence-corrected chi connectivity index (χ3v) is 3.19. The molecule has 0 unspecified atom stereocenters. The van der Waals surface area contributed by atoms with E-state index in [-0.39, 0.29) is 6.29 Å². The summed E-state index contributed by atoms with van der Waals surface area (Å²) < 4.78 is 22.2. The zero-order valence-corrected chi connectivity index (χ0v) is 9.60. The summed E-state index contributed by atoms with van der Waals surface area (Å²) in [6.07, 6.45) is 1.99. The molecule has 0 saturated carbocycles. The molecule has 0 bridgehead atoms. The Kier molecular flexibility index (Phi) is 7.57. The second kappa shape index (κ2) is 7.51. The van der Waals surface area contributed by atoms with Crippen molar-refractivity contribution in [2.45, 2.75) is 26.7 Å². The summed E-state index contributed by atoms with van der Waals surface area (Å²) in [6, 6.07) is 0. The van der Waals surface area contributed by atoms with Crippen molar-refractivity contribution in [3.05, 3.63) is 0 Å². The molecule has 0 aromatic heterocycles. The Morgan fingerprint density at radius 3 is 1.92 bits per heavy atom. The summed E-state index contributed by atoms with van der Waals surface area (Å²) in [6.45, 7) is 4.93. The van der Waals surface area contributed by atoms with Gasteiger partial charge < -0.3 is 14.4 Å². The van der Waals surface area contributed by atoms with Gasteiger partial charge in [-0.3, -0.25) is 4.57 Å². The second-order valence-electron chi connectivity index (χ2n) is 2.79. The summed E-state index contributed by atoms with van der Waals surface area (Å²) >= 11 is 0. The minimum Gasteiger partial charge on any atom is -0.309 e. The molecule has 0 aromatic rings. The van der Waals surface area contributed by atoms with Crippen molar-refractivity contribution in [1.82, 2.24) is 5.32 Å². The number of nitrogens with one attached hydrogen (secondary N) is 1. The van der Waals surface area contributed by atoms with E-state index < -0.39 is 7.60 Å². The van der Waals surface area contributed by atoms with Crippen molar-refractivity contribution < 1.29 is 13.6 Å². The van der Waals surface area contributed by atoms with Gasteiger partial charge in [-0.25, -0.2) is 0 Å². The van der Waals surface area contributed by atoms with E-state index >= 15 is 0 Å². The van der Waals surface area contributed by atoms with Crippen molar-refractivity contribution in [3.8, 4) is 0 Å². The van der Waals surface area contributed by atoms with Crippen molar-refractivity contribution >= 4 is 7.60 Å². The molecular formula is C8H20NO3P. The molecule has 0 aromatic carbocycles. The molecule has 0 amide bonds. The lowest BCUT2D eigenvalue weighted by Crippen LogP contribution is -2.13. The molecule has 0 spiro atoms. The normalized spacial score (nSPS) is 11.9. The number of hydrogen-bond donors (Lipinski definition) is 1. The van der Waals surface area contributed by atoms with Gasteiger partial charge in [-0.1, -0.05) is 13.8 Å². The molecule has 5 heteroatoms. The van der Waals surface area contributed by atoms with Crippen LogP contribution in [-0.4, -0.2) is 26.5 Å². The molecule has 0 radical (unpaired) electrons. The Labute approximate surface area is 80.5 Å². The fourth-order valence-corrected chi connectivity index (χ4v) is 2.35. The molecule has 4 nitrogen and oxygen atoms in total. The van der Waals surface area contributed by atoms with Crippen LogP contribution in [0.2, 0.25) is 0 Å². The van der Waals surface area contributed by atoms with Gasteiger partial charge in [0.25, 0.3) is 0 Å². The first kappa shape index (κ1) is 13.1. The molecule has 0 aliphatic heterocycles. The monoisotopic (exact) mass is 209 g/mol. The van der Waals surface area contributed by atoms with E-state index in [4.69, 9.17) is 9.05 Å². The van der Waals surface area contributed by atoms with Crippen molar-refractivity contribution in [2.75, 3.05) is 26.5 Å². The molecule has 0 atom stereocenters. The smallest absolute Gasteiger partial charge is 0.309 e. The van der Waals surface area contributed by atoms with Crippen molar-refractivity contribution in [2.24, 2.45) is 0 Å². The zero-order chi connectivity index (χ0) is 10.2. The molecule has 0 rings (SSSR count). The highest BCUT2D eigenvalue weighted by molar-refractivity contribution is 7.53. The minimum atomic E-state index is -2.86. The second-order valence-corrected chi connectivity index (χ2v) is 4.84. The summed E-state index contributed by atoms with van der Waals surface area (Å²) in [5.74, 6) is 0. The average molecular weight is 209 g/mol. The first-order valence-electron chi connectivity index (χ1n) is 4.71. The highest BCUT2D eigenvalue weighted by atomic mass is 31.2. The van der Waals surface area contributed by atoms with Gasteiger partial charge in [0.1, 0.15) is 0 Å². The van der Waals surface area contributed by atoms with Gasteiger partial charge in [-0.05, 0) is 19.9 Å². The predicted molar refractivity (Wildman–Crippen MR) is 54.0 cm³/mol. The molecule has 0 fully saturated rings. The fourth-order valence-electron chi connectivity index (χ4n) is 0.783. The third kappa shape index (κ3) is 6.22. The summed E-state index contributed by atoms with van der Waals surface area (Å²) in [7, 11) is -1.13. The van der Waals surface area contributed by atoms with Crippen LogP contribution in [0.4, 0.5) is 0 Å². The lowest BCUT2D eigenvalue weighted by molar-refractivity contribution is 0.203. The molecule has 80 valence electrons. The molecule has 0 aliphatic rings. The van der Waals surface area contributed by atoms with Gasteiger partial charge in [0, 0.05) is 0 Å². The zero-order valence-electron chi connectivity index (χ0n) is 8.71. The van der Waals surface area contributed by atoms with E-state index in [1.54, 1.807) is 7.05 Å². The van der Waals surface area contributed by atoms with Crippen LogP contribution < -0.4 is 5.32 Å². The Balaban J connectivity index is 3.92. The maximum absolute atomic E-state index is 11.8. The Morgan fingerprint density at radius 2 is 1.62 bits per heavy atom. The average Bonchev–Trinajstić information content (AvgIpc) is 2.12. The van der Waals surface area contributed by atoms with E-state index in [0.717, 1.165) is 12.8 Å². The molecule has 0 saturated heterocycles. The maximum Gasteiger partial charge on any atom is 0.344 e. The lowest BCUT2D eigenvalue weighted by Gasteiger charge is -2.17. The Morgan fingerprint density at radius 1 is 1.15 bits per heavy atom. The first-order valence-corrected chi connectivity index (χ1v) is 6.44. The van der Waals surface area contributed by atoms with E-state index in [1.807, 2.05) is 13.8 Å². The summed E-state index contributed by atoms with van der Waals surface area (Å²) in [4.78, 5) is 0. The van der Waals surface area contributed by atoms with Crippen LogP contribution in [0, 0.1) is 0 Å². The van der Waals surface area contributed by atoms with E-state index in [1.165, 1.54) is 0 Å². The van der Waals surface area contributed by atoms with Crippen LogP contribution in [-0.2, 0) is 13.6 Å². The number of hydrogen-bond acceptors (Lipinski definition) is 4. The lowest BCUT2D eigenvalue weighted by atomic mass is 10.5. The summed E-state index contributed by atoms with van der Waals surface area (Å²) in [5, 5.41) is 2.81. The van der Waals surface area contributed by atoms with Gasteiger partial charge in [-0.15, -0.1) is 0 Å². The third-order valence-electron chi connectivity index (χ3n) is 1.34. The summed E-state index contributed by atoms with van der Waals surface area (Å²) in [5.41, 5.74) is 0. The topological polar surface area (TPSA) is 47.6 Å². The first-order chi connectivity index (χ1) is 6.18. The van der Waals surface area contributed by atoms with E-state index in [0.29, 0.717) is 13.2 Å². The molecule has 1 N–H and O–H groups in total. The van der Waals surface area contributed by atoms with Crippen molar-refractivity contribution in [3.63, 3.8) is 0 Å². The molecule has 13 heavy (non-hydrogen) atoms. The fraction of sp³-hybridized carbons (Fsp3) is 1.00. The van der Waals surface area contributed by atoms with Gasteiger partial charge in [0.15, 0.2) is 0 Å². The molecule has 0 aliphatic carbocycles. The highest BCUT2D eigenvalue weighted by Crippen LogP contribution is 2.46. The van der Waals surface area contributed by atoms with Crippen molar-refractivity contribution in [1.29, 1.82) is 0 Å². The highest BCUT2D eigenvalue weighted by Gasteiger charge is 2.22. The standard InChI is InChI=1S/C8H20NO3P/c1-4-6-11-13(10,8-9-3)12-7-5-2/h9H,4-8H2,1-3H3. The van der Waals surface area contributed by atoms with Crippen LogP contribution in [0.3, 0.4) is 0 Å². The molecule has 0 heterocycles. The van der Waals surface area contributed by atoms with Crippen LogP contribution in [0.15, 0.2) is 0 Å². The molecular weight excluding hydrogens is 189 g/mol. The SMILES string of the molecule is CCCOP(=O)(CNC)OCCC. The quantitative estimate of drug-likeness (QED) is 0.622. The van der Waals surface area contributed by atoms with Crippen LogP contribution in [0.5, 0.6) is 0 Å². The number of rotatable bonds is 8. The van der Waals surface area contributed by atoms with Gasteiger partial charge >= 0.3 is 7.60 Å². The van der Waals surface area contributed by atoms with Crippen LogP contribution in [0.1, 0.15) is 26.7 Å². The Bertz CT molecular complexity index is 151. The Hall–Kier alpha value is 0.110. The maximum atomic E-state index is 11.8. The predicted octanol–water partition coefficient (Wildman–Crippen LogP) is 2.21. The van der Waals surface area contributed by atoms with E-state index in [2.05, 4.69) is 5.32 Å². The van der Waals surface area contributed by atoms with E-state index in [9.17, 15) is 4.57 Å². The van der Waals surface area contributed by atoms with Crippen LogP contribution >= 0.6 is 7.60 Å². The largest absolute Gasteiger partial charge is 0.344 e. The van der Waals surface area contributed by atoms with Gasteiger partial charge in [0.2, 0.25) is 0 Å². The van der Waals surface area contributed by atoms with Crippen LogP contribution in [0.25, 0.3) is 0 Å². The van der Waals surface area contributed by atoms with Gasteiger partial charge in [0.05, 0.1) is 19.5 Å². The van der Waals surface area contributed by atoms with Gasteiger partial charge in [-0.2, -0.15) is 0 Å².